The number of carbonyl (C=O) groups is 1. The Balaban J connectivity index is 3.52. The van der Waals surface area contributed by atoms with Crippen molar-refractivity contribution in [3.8, 4) is 0 Å². The first kappa shape index (κ1) is 15.4. The highest BCUT2D eigenvalue weighted by Gasteiger charge is 2.22. The van der Waals surface area contributed by atoms with Crippen molar-refractivity contribution in [3.05, 3.63) is 0 Å². The van der Waals surface area contributed by atoms with Gasteiger partial charge in [0, 0.05) is 12.6 Å². The average molecular weight is 230 g/mol. The molecule has 0 heterocycles. The summed E-state index contributed by atoms with van der Waals surface area (Å²) in [4.78, 5) is 13.6. The number of rotatable bonds is 7. The van der Waals surface area contributed by atoms with E-state index < -0.39 is 5.60 Å². The molecular formula is C12H26N2O2. The van der Waals surface area contributed by atoms with Crippen LogP contribution in [0.2, 0.25) is 0 Å². The van der Waals surface area contributed by atoms with Gasteiger partial charge in [-0.15, -0.1) is 0 Å². The molecule has 1 amide bonds. The fourth-order valence-corrected chi connectivity index (χ4v) is 1.16. The van der Waals surface area contributed by atoms with Crippen LogP contribution in [-0.4, -0.2) is 47.7 Å². The van der Waals surface area contributed by atoms with Gasteiger partial charge in [-0.05, 0) is 54.1 Å². The van der Waals surface area contributed by atoms with Gasteiger partial charge in [0.15, 0.2) is 0 Å². The van der Waals surface area contributed by atoms with Crippen molar-refractivity contribution in [1.29, 1.82) is 0 Å². The molecule has 0 saturated heterocycles. The van der Waals surface area contributed by atoms with Crippen LogP contribution in [0.15, 0.2) is 0 Å². The lowest BCUT2D eigenvalue weighted by atomic mass is 10.1. The SMILES string of the molecule is CC(C)N(C)CCCCNC(=O)C(C)(C)O. The third kappa shape index (κ3) is 6.80. The highest BCUT2D eigenvalue weighted by Crippen LogP contribution is 2.01. The van der Waals surface area contributed by atoms with E-state index in [0.29, 0.717) is 12.6 Å². The zero-order valence-electron chi connectivity index (χ0n) is 11.2. The highest BCUT2D eigenvalue weighted by molar-refractivity contribution is 5.83. The predicted octanol–water partition coefficient (Wildman–Crippen LogP) is 0.994. The number of amides is 1. The van der Waals surface area contributed by atoms with Crippen molar-refractivity contribution in [2.24, 2.45) is 0 Å². The summed E-state index contributed by atoms with van der Waals surface area (Å²) >= 11 is 0. The zero-order chi connectivity index (χ0) is 12.8. The van der Waals surface area contributed by atoms with Gasteiger partial charge < -0.3 is 15.3 Å². The summed E-state index contributed by atoms with van der Waals surface area (Å²) in [5.41, 5.74) is -1.27. The Kier molecular flexibility index (Phi) is 6.60. The van der Waals surface area contributed by atoms with Gasteiger partial charge in [-0.25, -0.2) is 0 Å². The highest BCUT2D eigenvalue weighted by atomic mass is 16.3. The molecule has 0 spiro atoms. The van der Waals surface area contributed by atoms with Crippen molar-refractivity contribution in [1.82, 2.24) is 10.2 Å². The standard InChI is InChI=1S/C12H26N2O2/c1-10(2)14(5)9-7-6-8-13-11(15)12(3,4)16/h10,16H,6-9H2,1-5H3,(H,13,15). The molecule has 4 heteroatoms. The Bertz CT molecular complexity index is 210. The molecule has 16 heavy (non-hydrogen) atoms. The maximum Gasteiger partial charge on any atom is 0.251 e. The van der Waals surface area contributed by atoms with E-state index in [-0.39, 0.29) is 5.91 Å². The number of carbonyl (C=O) groups excluding carboxylic acids is 1. The van der Waals surface area contributed by atoms with E-state index in [4.69, 9.17) is 0 Å². The average Bonchev–Trinajstić information content (AvgIpc) is 2.14. The van der Waals surface area contributed by atoms with Crippen LogP contribution in [-0.2, 0) is 4.79 Å². The third-order valence-corrected chi connectivity index (χ3v) is 2.66. The fraction of sp³-hybridized carbons (Fsp3) is 0.917. The molecule has 4 nitrogen and oxygen atoms in total. The molecule has 0 aromatic rings. The van der Waals surface area contributed by atoms with Gasteiger partial charge in [-0.3, -0.25) is 4.79 Å². The summed E-state index contributed by atoms with van der Waals surface area (Å²) in [6.45, 7) is 8.99. The van der Waals surface area contributed by atoms with Gasteiger partial charge in [0.25, 0.3) is 5.91 Å². The van der Waals surface area contributed by atoms with E-state index in [2.05, 4.69) is 31.1 Å². The van der Waals surface area contributed by atoms with Gasteiger partial charge >= 0.3 is 0 Å². The zero-order valence-corrected chi connectivity index (χ0v) is 11.2. The third-order valence-electron chi connectivity index (χ3n) is 2.66. The summed E-state index contributed by atoms with van der Waals surface area (Å²) in [6, 6.07) is 0.561. The Hall–Kier alpha value is -0.610. The Morgan fingerprint density at radius 3 is 2.38 bits per heavy atom. The van der Waals surface area contributed by atoms with E-state index in [9.17, 15) is 9.90 Å². The summed E-state index contributed by atoms with van der Waals surface area (Å²) in [6.07, 6.45) is 2.00. The summed E-state index contributed by atoms with van der Waals surface area (Å²) in [5, 5.41) is 12.1. The number of hydrogen-bond acceptors (Lipinski definition) is 3. The molecule has 0 fully saturated rings. The lowest BCUT2D eigenvalue weighted by Crippen LogP contribution is -2.42. The molecule has 96 valence electrons. The predicted molar refractivity (Wildman–Crippen MR) is 66.3 cm³/mol. The van der Waals surface area contributed by atoms with Crippen molar-refractivity contribution in [2.45, 2.75) is 52.2 Å². The minimum absolute atomic E-state index is 0.301. The van der Waals surface area contributed by atoms with Gasteiger partial charge in [0.05, 0.1) is 0 Å². The van der Waals surface area contributed by atoms with E-state index in [1.807, 2.05) is 0 Å². The second kappa shape index (κ2) is 6.86. The molecule has 0 aliphatic rings. The Morgan fingerprint density at radius 1 is 1.38 bits per heavy atom. The molecule has 0 aliphatic heterocycles. The van der Waals surface area contributed by atoms with Crippen LogP contribution >= 0.6 is 0 Å². The monoisotopic (exact) mass is 230 g/mol. The quantitative estimate of drug-likeness (QED) is 0.641. The van der Waals surface area contributed by atoms with E-state index in [0.717, 1.165) is 19.4 Å². The van der Waals surface area contributed by atoms with Crippen LogP contribution < -0.4 is 5.32 Å². The number of hydrogen-bond donors (Lipinski definition) is 2. The molecule has 0 saturated carbocycles. The van der Waals surface area contributed by atoms with Crippen LogP contribution in [0.4, 0.5) is 0 Å². The summed E-state index contributed by atoms with van der Waals surface area (Å²) in [7, 11) is 2.10. The first-order valence-corrected chi connectivity index (χ1v) is 5.96. The molecule has 0 radical (unpaired) electrons. The maximum absolute atomic E-state index is 11.3. The lowest BCUT2D eigenvalue weighted by Gasteiger charge is -2.21. The molecule has 0 aromatic carbocycles. The molecule has 0 atom stereocenters. The van der Waals surface area contributed by atoms with Gasteiger partial charge in [0.2, 0.25) is 0 Å². The Labute approximate surface area is 99.0 Å². The minimum atomic E-state index is -1.27. The molecule has 0 aliphatic carbocycles. The molecule has 0 bridgehead atoms. The van der Waals surface area contributed by atoms with Gasteiger partial charge in [-0.1, -0.05) is 0 Å². The van der Waals surface area contributed by atoms with Crippen molar-refractivity contribution >= 4 is 5.91 Å². The van der Waals surface area contributed by atoms with Crippen LogP contribution in [0.25, 0.3) is 0 Å². The second-order valence-electron chi connectivity index (χ2n) is 5.10. The molecule has 0 rings (SSSR count). The van der Waals surface area contributed by atoms with Crippen molar-refractivity contribution in [3.63, 3.8) is 0 Å². The van der Waals surface area contributed by atoms with E-state index >= 15 is 0 Å². The van der Waals surface area contributed by atoms with Crippen LogP contribution in [0, 0.1) is 0 Å². The van der Waals surface area contributed by atoms with E-state index in [1.54, 1.807) is 0 Å². The summed E-state index contributed by atoms with van der Waals surface area (Å²) < 4.78 is 0. The lowest BCUT2D eigenvalue weighted by molar-refractivity contribution is -0.136. The molecule has 0 aromatic heterocycles. The number of unbranched alkanes of at least 4 members (excludes halogenated alkanes) is 1. The molecule has 2 N–H and O–H groups in total. The van der Waals surface area contributed by atoms with Gasteiger partial charge in [0.1, 0.15) is 5.60 Å². The number of nitrogens with one attached hydrogen (secondary N) is 1. The largest absolute Gasteiger partial charge is 0.381 e. The smallest absolute Gasteiger partial charge is 0.251 e. The minimum Gasteiger partial charge on any atom is -0.381 e. The fourth-order valence-electron chi connectivity index (χ4n) is 1.16. The van der Waals surface area contributed by atoms with E-state index in [1.165, 1.54) is 13.8 Å². The molecular weight excluding hydrogens is 204 g/mol. The first-order chi connectivity index (χ1) is 7.25. The number of nitrogens with zero attached hydrogens (tertiary/aromatic N) is 1. The first-order valence-electron chi connectivity index (χ1n) is 5.96. The topological polar surface area (TPSA) is 52.6 Å². The van der Waals surface area contributed by atoms with Crippen molar-refractivity contribution < 1.29 is 9.90 Å². The molecule has 0 unspecified atom stereocenters. The van der Waals surface area contributed by atoms with Crippen LogP contribution in [0.5, 0.6) is 0 Å². The maximum atomic E-state index is 11.3. The van der Waals surface area contributed by atoms with Crippen LogP contribution in [0.3, 0.4) is 0 Å². The van der Waals surface area contributed by atoms with Crippen molar-refractivity contribution in [2.75, 3.05) is 20.1 Å². The Morgan fingerprint density at radius 2 is 1.94 bits per heavy atom. The van der Waals surface area contributed by atoms with Gasteiger partial charge in [-0.2, -0.15) is 0 Å². The summed E-state index contributed by atoms with van der Waals surface area (Å²) in [5.74, 6) is -0.301. The van der Waals surface area contributed by atoms with Crippen LogP contribution in [0.1, 0.15) is 40.5 Å². The number of aliphatic hydroxyl groups is 1. The normalized spacial score (nSPS) is 12.2. The second-order valence-corrected chi connectivity index (χ2v) is 5.10.